The highest BCUT2D eigenvalue weighted by molar-refractivity contribution is 6.31. The molecule has 0 radical (unpaired) electrons. The summed E-state index contributed by atoms with van der Waals surface area (Å²) in [4.78, 5) is 0. The molecule has 0 saturated heterocycles. The minimum Gasteiger partial charge on any atom is -0.389 e. The van der Waals surface area contributed by atoms with Crippen molar-refractivity contribution in [3.05, 3.63) is 16.4 Å². The molecule has 1 heterocycles. The summed E-state index contributed by atoms with van der Waals surface area (Å²) in [5, 5.41) is 15.5. The van der Waals surface area contributed by atoms with Gasteiger partial charge in [-0.1, -0.05) is 24.4 Å². The number of aliphatic hydroxyl groups is 1. The molecule has 1 aromatic heterocycles. The summed E-state index contributed by atoms with van der Waals surface area (Å²) in [5.41, 5.74) is 1.30. The topological polar surface area (TPSA) is 38.0 Å². The lowest BCUT2D eigenvalue weighted by atomic mass is 9.96. The average molecular weight is 243 g/mol. The first-order valence-corrected chi connectivity index (χ1v) is 6.38. The number of hydrogen-bond donors (Lipinski definition) is 1. The second-order valence-corrected chi connectivity index (χ2v) is 5.15. The van der Waals surface area contributed by atoms with Crippen molar-refractivity contribution in [1.29, 1.82) is 0 Å². The summed E-state index contributed by atoms with van der Waals surface area (Å²) in [5.74, 6) is 0. The zero-order valence-electron chi connectivity index (χ0n) is 9.96. The van der Waals surface area contributed by atoms with Crippen LogP contribution >= 0.6 is 11.6 Å². The molecule has 0 spiro atoms. The van der Waals surface area contributed by atoms with Crippen LogP contribution in [0.5, 0.6) is 0 Å². The summed E-state index contributed by atoms with van der Waals surface area (Å²) >= 11 is 6.24. The largest absolute Gasteiger partial charge is 0.389 e. The van der Waals surface area contributed by atoms with Gasteiger partial charge in [-0.3, -0.25) is 4.68 Å². The van der Waals surface area contributed by atoms with Gasteiger partial charge in [0, 0.05) is 13.0 Å². The molecule has 0 atom stereocenters. The van der Waals surface area contributed by atoms with E-state index in [1.165, 1.54) is 0 Å². The van der Waals surface area contributed by atoms with Crippen LogP contribution in [0.3, 0.4) is 0 Å². The fourth-order valence-electron chi connectivity index (χ4n) is 2.56. The highest BCUT2D eigenvalue weighted by atomic mass is 35.5. The fourth-order valence-corrected chi connectivity index (χ4v) is 2.76. The Kier molecular flexibility index (Phi) is 3.27. The second kappa shape index (κ2) is 4.38. The number of nitrogens with zero attached hydrogens (tertiary/aromatic N) is 2. The van der Waals surface area contributed by atoms with Crippen LogP contribution < -0.4 is 0 Å². The highest BCUT2D eigenvalue weighted by Crippen LogP contribution is 2.34. The summed E-state index contributed by atoms with van der Waals surface area (Å²) in [6.45, 7) is 4.76. The Morgan fingerprint density at radius 2 is 2.06 bits per heavy atom. The van der Waals surface area contributed by atoms with Crippen molar-refractivity contribution >= 4 is 11.6 Å². The third-order valence-corrected chi connectivity index (χ3v) is 3.98. The predicted molar refractivity (Wildman–Crippen MR) is 64.8 cm³/mol. The van der Waals surface area contributed by atoms with E-state index in [1.807, 2.05) is 18.5 Å². The number of halogens is 1. The molecule has 1 N–H and O–H groups in total. The van der Waals surface area contributed by atoms with Crippen LogP contribution in [0.1, 0.15) is 44.0 Å². The van der Waals surface area contributed by atoms with Crippen molar-refractivity contribution in [3.8, 4) is 0 Å². The standard InChI is InChI=1S/C12H19ClN2O/c1-3-15-10(11(13)9(2)14-15)8-12(16)6-4-5-7-12/h16H,3-8H2,1-2H3. The Balaban J connectivity index is 2.26. The van der Waals surface area contributed by atoms with E-state index < -0.39 is 5.60 Å². The third-order valence-electron chi connectivity index (χ3n) is 3.48. The van der Waals surface area contributed by atoms with Crippen LogP contribution in [0.2, 0.25) is 5.02 Å². The first-order valence-electron chi connectivity index (χ1n) is 6.00. The first-order chi connectivity index (χ1) is 7.56. The lowest BCUT2D eigenvalue weighted by Gasteiger charge is -2.22. The molecule has 16 heavy (non-hydrogen) atoms. The first kappa shape index (κ1) is 11.9. The van der Waals surface area contributed by atoms with Gasteiger partial charge in [-0.15, -0.1) is 0 Å². The predicted octanol–water partition coefficient (Wildman–Crippen LogP) is 2.71. The van der Waals surface area contributed by atoms with Gasteiger partial charge < -0.3 is 5.11 Å². The normalized spacial score (nSPS) is 19.2. The molecule has 1 aliphatic carbocycles. The number of hydrogen-bond acceptors (Lipinski definition) is 2. The summed E-state index contributed by atoms with van der Waals surface area (Å²) < 4.78 is 1.91. The monoisotopic (exact) mass is 242 g/mol. The number of aryl methyl sites for hydroxylation is 2. The molecule has 1 aliphatic rings. The van der Waals surface area contributed by atoms with Crippen molar-refractivity contribution in [3.63, 3.8) is 0 Å². The van der Waals surface area contributed by atoms with Crippen molar-refractivity contribution in [2.75, 3.05) is 0 Å². The zero-order chi connectivity index (χ0) is 11.8. The SMILES string of the molecule is CCn1nc(C)c(Cl)c1CC1(O)CCCC1. The highest BCUT2D eigenvalue weighted by Gasteiger charge is 2.33. The van der Waals surface area contributed by atoms with Gasteiger partial charge in [0.1, 0.15) is 0 Å². The van der Waals surface area contributed by atoms with Crippen molar-refractivity contribution < 1.29 is 5.11 Å². The molecule has 0 unspecified atom stereocenters. The summed E-state index contributed by atoms with van der Waals surface area (Å²) in [6.07, 6.45) is 4.65. The molecule has 0 aliphatic heterocycles. The van der Waals surface area contributed by atoms with E-state index in [0.717, 1.165) is 48.6 Å². The van der Waals surface area contributed by atoms with Crippen LogP contribution in [-0.2, 0) is 13.0 Å². The maximum absolute atomic E-state index is 10.4. The van der Waals surface area contributed by atoms with Gasteiger partial charge in [0.05, 0.1) is 22.0 Å². The van der Waals surface area contributed by atoms with E-state index in [1.54, 1.807) is 0 Å². The Morgan fingerprint density at radius 3 is 2.62 bits per heavy atom. The van der Waals surface area contributed by atoms with Gasteiger partial charge in [-0.25, -0.2) is 0 Å². The molecule has 0 bridgehead atoms. The minimum atomic E-state index is -0.553. The lowest BCUT2D eigenvalue weighted by Crippen LogP contribution is -2.28. The third kappa shape index (κ3) is 2.11. The molecular formula is C12H19ClN2O. The molecule has 4 heteroatoms. The van der Waals surface area contributed by atoms with E-state index in [2.05, 4.69) is 5.10 Å². The number of rotatable bonds is 3. The van der Waals surface area contributed by atoms with Crippen molar-refractivity contribution in [2.24, 2.45) is 0 Å². The maximum Gasteiger partial charge on any atom is 0.0848 e. The molecule has 1 fully saturated rings. The van der Waals surface area contributed by atoms with E-state index in [-0.39, 0.29) is 0 Å². The van der Waals surface area contributed by atoms with E-state index >= 15 is 0 Å². The lowest BCUT2D eigenvalue weighted by molar-refractivity contribution is 0.0461. The van der Waals surface area contributed by atoms with E-state index in [4.69, 9.17) is 11.6 Å². The minimum absolute atomic E-state index is 0.553. The molecule has 90 valence electrons. The van der Waals surface area contributed by atoms with E-state index in [9.17, 15) is 5.11 Å². The average Bonchev–Trinajstić information content (AvgIpc) is 2.78. The smallest absolute Gasteiger partial charge is 0.0848 e. The van der Waals surface area contributed by atoms with E-state index in [0.29, 0.717) is 6.42 Å². The van der Waals surface area contributed by atoms with Gasteiger partial charge in [0.15, 0.2) is 0 Å². The fraction of sp³-hybridized carbons (Fsp3) is 0.750. The molecule has 3 nitrogen and oxygen atoms in total. The van der Waals surface area contributed by atoms with Crippen LogP contribution in [0.15, 0.2) is 0 Å². The Hall–Kier alpha value is -0.540. The van der Waals surface area contributed by atoms with Crippen LogP contribution in [0.4, 0.5) is 0 Å². The second-order valence-electron chi connectivity index (χ2n) is 4.77. The summed E-state index contributed by atoms with van der Waals surface area (Å²) in [7, 11) is 0. The molecule has 1 aromatic rings. The van der Waals surface area contributed by atoms with Gasteiger partial charge in [-0.2, -0.15) is 5.10 Å². The van der Waals surface area contributed by atoms with Gasteiger partial charge >= 0.3 is 0 Å². The Morgan fingerprint density at radius 1 is 1.44 bits per heavy atom. The van der Waals surface area contributed by atoms with Crippen molar-refractivity contribution in [1.82, 2.24) is 9.78 Å². The van der Waals surface area contributed by atoms with Crippen LogP contribution in [-0.4, -0.2) is 20.5 Å². The molecule has 1 saturated carbocycles. The van der Waals surface area contributed by atoms with Gasteiger partial charge in [0.2, 0.25) is 0 Å². The van der Waals surface area contributed by atoms with Gasteiger partial charge in [-0.05, 0) is 26.7 Å². The quantitative estimate of drug-likeness (QED) is 0.885. The molecule has 0 amide bonds. The number of aromatic nitrogens is 2. The zero-order valence-corrected chi connectivity index (χ0v) is 10.7. The molecule has 0 aromatic carbocycles. The van der Waals surface area contributed by atoms with Crippen LogP contribution in [0.25, 0.3) is 0 Å². The Bertz CT molecular complexity index is 381. The Labute approximate surface area is 101 Å². The molecular weight excluding hydrogens is 224 g/mol. The van der Waals surface area contributed by atoms with Crippen LogP contribution in [0, 0.1) is 6.92 Å². The maximum atomic E-state index is 10.4. The molecule has 2 rings (SSSR count). The van der Waals surface area contributed by atoms with Crippen molar-refractivity contribution in [2.45, 2.75) is 58.1 Å². The van der Waals surface area contributed by atoms with Gasteiger partial charge in [0.25, 0.3) is 0 Å². The summed E-state index contributed by atoms with van der Waals surface area (Å²) in [6, 6.07) is 0.